The molecule has 8 heteroatoms. The molecular weight excluding hydrogens is 480 g/mol. The molecule has 1 aromatic heterocycles. The van der Waals surface area contributed by atoms with Crippen LogP contribution in [0.3, 0.4) is 0 Å². The topological polar surface area (TPSA) is 46.4 Å². The average molecular weight is 496 g/mol. The van der Waals surface area contributed by atoms with Gasteiger partial charge in [0.2, 0.25) is 0 Å². The van der Waals surface area contributed by atoms with Crippen molar-refractivity contribution >= 4 is 68.7 Å². The minimum absolute atomic E-state index is 0.229. The van der Waals surface area contributed by atoms with Gasteiger partial charge in [0.15, 0.2) is 5.17 Å². The number of hydrogen-bond donors (Lipinski definition) is 1. The van der Waals surface area contributed by atoms with Crippen molar-refractivity contribution in [3.63, 3.8) is 0 Å². The zero-order valence-corrected chi connectivity index (χ0v) is 19.4. The van der Waals surface area contributed by atoms with Gasteiger partial charge in [0.05, 0.1) is 20.6 Å². The molecule has 0 spiro atoms. The van der Waals surface area contributed by atoms with Gasteiger partial charge < -0.3 is 9.88 Å². The summed E-state index contributed by atoms with van der Waals surface area (Å²) in [5.41, 5.74) is 3.41. The lowest BCUT2D eigenvalue weighted by Gasteiger charge is -2.05. The molecule has 4 nitrogen and oxygen atoms in total. The summed E-state index contributed by atoms with van der Waals surface area (Å²) in [6.07, 6.45) is 3.85. The summed E-state index contributed by atoms with van der Waals surface area (Å²) in [4.78, 5) is 17.6. The number of carbonyl (C=O) groups excluding carboxylic acids is 1. The van der Waals surface area contributed by atoms with Crippen molar-refractivity contribution in [2.24, 2.45) is 4.99 Å². The number of benzene rings is 3. The van der Waals surface area contributed by atoms with Crippen LogP contribution in [0.15, 0.2) is 82.8 Å². The van der Waals surface area contributed by atoms with Crippen molar-refractivity contribution < 1.29 is 9.18 Å². The maximum Gasteiger partial charge on any atom is 0.264 e. The van der Waals surface area contributed by atoms with Crippen molar-refractivity contribution in [3.05, 3.63) is 105 Å². The van der Waals surface area contributed by atoms with Crippen molar-refractivity contribution in [2.75, 3.05) is 0 Å². The number of amidine groups is 1. The molecule has 0 aliphatic carbocycles. The van der Waals surface area contributed by atoms with E-state index in [2.05, 4.69) is 14.9 Å². The molecule has 0 atom stereocenters. The molecular formula is C25H16Cl2FN3OS. The molecule has 1 amide bonds. The molecule has 3 aromatic carbocycles. The highest BCUT2D eigenvalue weighted by Gasteiger charge is 2.25. The van der Waals surface area contributed by atoms with Crippen LogP contribution in [0, 0.1) is 5.82 Å². The highest BCUT2D eigenvalue weighted by Crippen LogP contribution is 2.35. The minimum Gasteiger partial charge on any atom is -0.342 e. The number of fused-ring (bicyclic) bond motifs is 1. The number of amides is 1. The molecule has 5 rings (SSSR count). The molecule has 1 aliphatic heterocycles. The van der Waals surface area contributed by atoms with Gasteiger partial charge in [-0.05, 0) is 53.7 Å². The number of para-hydroxylation sites is 1. The number of nitrogens with zero attached hydrogens (tertiary/aromatic N) is 2. The number of rotatable bonds is 4. The summed E-state index contributed by atoms with van der Waals surface area (Å²) in [7, 11) is 0. The maximum absolute atomic E-state index is 13.3. The third-order valence-corrected chi connectivity index (χ3v) is 6.90. The highest BCUT2D eigenvalue weighted by atomic mass is 35.5. The maximum atomic E-state index is 13.3. The lowest BCUT2D eigenvalue weighted by Crippen LogP contribution is -2.19. The zero-order valence-electron chi connectivity index (χ0n) is 17.1. The quantitative estimate of drug-likeness (QED) is 0.309. The first-order chi connectivity index (χ1) is 16.0. The monoisotopic (exact) mass is 495 g/mol. The summed E-state index contributed by atoms with van der Waals surface area (Å²) < 4.78 is 15.4. The van der Waals surface area contributed by atoms with Gasteiger partial charge in [-0.3, -0.25) is 4.79 Å². The fourth-order valence-electron chi connectivity index (χ4n) is 3.62. The predicted octanol–water partition coefficient (Wildman–Crippen LogP) is 7.03. The first kappa shape index (κ1) is 21.8. The number of hydrogen-bond acceptors (Lipinski definition) is 3. The summed E-state index contributed by atoms with van der Waals surface area (Å²) in [6, 6.07) is 19.6. The van der Waals surface area contributed by atoms with Gasteiger partial charge in [-0.25, -0.2) is 9.38 Å². The Hall–Kier alpha value is -3.06. The van der Waals surface area contributed by atoms with E-state index in [0.29, 0.717) is 32.4 Å². The molecule has 0 saturated carbocycles. The van der Waals surface area contributed by atoms with Crippen LogP contribution in [0.5, 0.6) is 0 Å². The first-order valence-corrected chi connectivity index (χ1v) is 11.6. The van der Waals surface area contributed by atoms with Gasteiger partial charge in [-0.2, -0.15) is 0 Å². The highest BCUT2D eigenvalue weighted by molar-refractivity contribution is 8.18. The van der Waals surface area contributed by atoms with Crippen molar-refractivity contribution in [2.45, 2.75) is 6.54 Å². The molecule has 1 N–H and O–H groups in total. The number of nitrogens with one attached hydrogen (secondary N) is 1. The Morgan fingerprint density at radius 2 is 1.82 bits per heavy atom. The summed E-state index contributed by atoms with van der Waals surface area (Å²) in [5, 5.41) is 4.97. The lowest BCUT2D eigenvalue weighted by molar-refractivity contribution is -0.115. The van der Waals surface area contributed by atoms with Crippen LogP contribution in [0.4, 0.5) is 10.1 Å². The Bertz CT molecular complexity index is 1440. The van der Waals surface area contributed by atoms with E-state index in [1.165, 1.54) is 23.9 Å². The SMILES string of the molecule is O=C1NC(=Nc2cccc(Cl)c2Cl)SC1=Cc1cn(Cc2ccc(F)cc2)c2ccccc12. The lowest BCUT2D eigenvalue weighted by atomic mass is 10.1. The number of carbonyl (C=O) groups is 1. The second kappa shape index (κ2) is 9.06. The van der Waals surface area contributed by atoms with Gasteiger partial charge in [0, 0.05) is 29.2 Å². The van der Waals surface area contributed by atoms with Crippen LogP contribution < -0.4 is 5.32 Å². The van der Waals surface area contributed by atoms with Gasteiger partial charge in [0.1, 0.15) is 5.82 Å². The average Bonchev–Trinajstić information content (AvgIpc) is 3.33. The third-order valence-electron chi connectivity index (χ3n) is 5.18. The van der Waals surface area contributed by atoms with Gasteiger partial charge >= 0.3 is 0 Å². The summed E-state index contributed by atoms with van der Waals surface area (Å²) in [6.45, 7) is 0.587. The molecule has 1 fully saturated rings. The Morgan fingerprint density at radius 1 is 1.03 bits per heavy atom. The predicted molar refractivity (Wildman–Crippen MR) is 135 cm³/mol. The molecule has 4 aromatic rings. The van der Waals surface area contributed by atoms with Gasteiger partial charge in [0.25, 0.3) is 5.91 Å². The van der Waals surface area contributed by atoms with Crippen LogP contribution in [-0.4, -0.2) is 15.6 Å². The molecule has 164 valence electrons. The van der Waals surface area contributed by atoms with E-state index in [1.807, 2.05) is 36.5 Å². The fraction of sp³-hybridized carbons (Fsp3) is 0.0400. The van der Waals surface area contributed by atoms with Crippen LogP contribution in [-0.2, 0) is 11.3 Å². The number of aromatic nitrogens is 1. The van der Waals surface area contributed by atoms with E-state index >= 15 is 0 Å². The summed E-state index contributed by atoms with van der Waals surface area (Å²) in [5.74, 6) is -0.491. The van der Waals surface area contributed by atoms with Crippen molar-refractivity contribution in [3.8, 4) is 0 Å². The molecule has 0 unspecified atom stereocenters. The molecule has 2 heterocycles. The zero-order chi connectivity index (χ0) is 22.9. The van der Waals surface area contributed by atoms with Gasteiger partial charge in [-0.1, -0.05) is 59.6 Å². The molecule has 1 saturated heterocycles. The number of halogens is 3. The van der Waals surface area contributed by atoms with Crippen LogP contribution in [0.2, 0.25) is 10.0 Å². The van der Waals surface area contributed by atoms with Crippen molar-refractivity contribution in [1.82, 2.24) is 9.88 Å². The van der Waals surface area contributed by atoms with Crippen molar-refractivity contribution in [1.29, 1.82) is 0 Å². The standard InChI is InChI=1S/C25H16Cl2FN3OS/c26-19-5-3-6-20(23(19)27)29-25-30-24(32)22(33-25)12-16-14-31(21-7-2-1-4-18(16)21)13-15-8-10-17(28)11-9-15/h1-12,14H,13H2,(H,29,30,32). The fourth-order valence-corrected chi connectivity index (χ4v) is 4.78. The second-order valence-corrected chi connectivity index (χ2v) is 9.23. The van der Waals surface area contributed by atoms with E-state index in [1.54, 1.807) is 30.3 Å². The minimum atomic E-state index is -0.262. The molecule has 33 heavy (non-hydrogen) atoms. The van der Waals surface area contributed by atoms with E-state index in [4.69, 9.17) is 23.2 Å². The summed E-state index contributed by atoms with van der Waals surface area (Å²) >= 11 is 13.5. The number of aliphatic imine (C=N–C) groups is 1. The Kier molecular flexibility index (Phi) is 5.98. The van der Waals surface area contributed by atoms with Gasteiger partial charge in [-0.15, -0.1) is 0 Å². The largest absolute Gasteiger partial charge is 0.342 e. The smallest absolute Gasteiger partial charge is 0.264 e. The molecule has 1 aliphatic rings. The van der Waals surface area contributed by atoms with E-state index in [9.17, 15) is 9.18 Å². The second-order valence-electron chi connectivity index (χ2n) is 7.41. The third kappa shape index (κ3) is 4.55. The van der Waals surface area contributed by atoms with Crippen LogP contribution in [0.25, 0.3) is 17.0 Å². The molecule has 0 radical (unpaired) electrons. The van der Waals surface area contributed by atoms with E-state index in [0.717, 1.165) is 22.0 Å². The normalized spacial score (nSPS) is 16.2. The van der Waals surface area contributed by atoms with Crippen LogP contribution in [0.1, 0.15) is 11.1 Å². The van der Waals surface area contributed by atoms with E-state index in [-0.39, 0.29) is 11.7 Å². The Balaban J connectivity index is 1.47. The van der Waals surface area contributed by atoms with Crippen LogP contribution >= 0.6 is 35.0 Å². The first-order valence-electron chi connectivity index (χ1n) is 10.0. The van der Waals surface area contributed by atoms with E-state index < -0.39 is 0 Å². The number of thioether (sulfide) groups is 1. The molecule has 0 bridgehead atoms. The Labute approximate surface area is 203 Å². The Morgan fingerprint density at radius 3 is 2.64 bits per heavy atom.